The molecular formula is C14H11Cl2N3O. The van der Waals surface area contributed by atoms with Gasteiger partial charge in [0, 0.05) is 0 Å². The molecule has 2 amide bonds. The van der Waals surface area contributed by atoms with Gasteiger partial charge in [0.15, 0.2) is 0 Å². The molecule has 6 heteroatoms. The highest BCUT2D eigenvalue weighted by Gasteiger charge is 2.02. The molecule has 0 atom stereocenters. The maximum absolute atomic E-state index is 10.5. The second kappa shape index (κ2) is 6.41. The van der Waals surface area contributed by atoms with Crippen LogP contribution in [0.2, 0.25) is 10.0 Å². The largest absolute Gasteiger partial charge is 0.350 e. The van der Waals surface area contributed by atoms with Crippen LogP contribution in [0.4, 0.5) is 4.79 Å². The number of hydrazone groups is 1. The number of amides is 2. The van der Waals surface area contributed by atoms with Crippen LogP contribution in [0.3, 0.4) is 0 Å². The first-order chi connectivity index (χ1) is 9.56. The van der Waals surface area contributed by atoms with E-state index in [1.807, 2.05) is 36.4 Å². The second-order valence-corrected chi connectivity index (χ2v) is 4.80. The van der Waals surface area contributed by atoms with Crippen LogP contribution in [0.25, 0.3) is 11.1 Å². The monoisotopic (exact) mass is 307 g/mol. The number of carbonyl (C=O) groups is 1. The van der Waals surface area contributed by atoms with Crippen molar-refractivity contribution >= 4 is 35.4 Å². The molecule has 2 aromatic rings. The number of benzene rings is 2. The maximum Gasteiger partial charge on any atom is 0.332 e. The Morgan fingerprint density at radius 3 is 2.30 bits per heavy atom. The van der Waals surface area contributed by atoms with Crippen LogP contribution < -0.4 is 11.2 Å². The molecule has 0 fully saturated rings. The Kier molecular flexibility index (Phi) is 4.61. The lowest BCUT2D eigenvalue weighted by atomic mass is 10.0. The van der Waals surface area contributed by atoms with Crippen LogP contribution in [-0.2, 0) is 0 Å². The first-order valence-electron chi connectivity index (χ1n) is 5.70. The van der Waals surface area contributed by atoms with Crippen LogP contribution in [-0.4, -0.2) is 12.2 Å². The van der Waals surface area contributed by atoms with Gasteiger partial charge in [0.25, 0.3) is 0 Å². The van der Waals surface area contributed by atoms with Gasteiger partial charge in [-0.3, -0.25) is 0 Å². The maximum atomic E-state index is 10.5. The minimum atomic E-state index is -0.700. The third kappa shape index (κ3) is 3.73. The van der Waals surface area contributed by atoms with E-state index in [9.17, 15) is 4.79 Å². The fourth-order valence-electron chi connectivity index (χ4n) is 1.61. The molecular weight excluding hydrogens is 297 g/mol. The summed E-state index contributed by atoms with van der Waals surface area (Å²) in [5.41, 5.74) is 9.84. The van der Waals surface area contributed by atoms with Gasteiger partial charge in [0.1, 0.15) is 0 Å². The van der Waals surface area contributed by atoms with Gasteiger partial charge in [-0.15, -0.1) is 0 Å². The number of rotatable bonds is 3. The Labute approximate surface area is 126 Å². The molecule has 0 aliphatic heterocycles. The van der Waals surface area contributed by atoms with E-state index in [4.69, 9.17) is 28.9 Å². The van der Waals surface area contributed by atoms with Crippen molar-refractivity contribution in [1.29, 1.82) is 0 Å². The molecule has 0 aliphatic carbocycles. The van der Waals surface area contributed by atoms with Crippen LogP contribution in [0, 0.1) is 0 Å². The number of nitrogens with one attached hydrogen (secondary N) is 1. The van der Waals surface area contributed by atoms with Crippen molar-refractivity contribution < 1.29 is 4.79 Å². The van der Waals surface area contributed by atoms with Crippen molar-refractivity contribution in [3.05, 3.63) is 58.1 Å². The molecule has 0 aromatic heterocycles. The average molecular weight is 308 g/mol. The standard InChI is InChI=1S/C14H11Cl2N3O/c15-12-6-5-11(7-13(12)16)10-3-1-9(2-4-10)8-18-19-14(17)20/h1-8H,(H3,17,19,20). The van der Waals surface area contributed by atoms with Gasteiger partial charge in [-0.05, 0) is 28.8 Å². The summed E-state index contributed by atoms with van der Waals surface area (Å²) in [6, 6.07) is 12.3. The fourth-order valence-corrected chi connectivity index (χ4v) is 1.91. The third-order valence-electron chi connectivity index (χ3n) is 2.55. The molecule has 3 N–H and O–H groups in total. The summed E-state index contributed by atoms with van der Waals surface area (Å²) in [6.07, 6.45) is 1.50. The SMILES string of the molecule is NC(=O)NN=Cc1ccc(-c2ccc(Cl)c(Cl)c2)cc1. The lowest BCUT2D eigenvalue weighted by Gasteiger charge is -2.04. The summed E-state index contributed by atoms with van der Waals surface area (Å²) in [7, 11) is 0. The number of nitrogens with two attached hydrogens (primary N) is 1. The van der Waals surface area contributed by atoms with E-state index in [0.29, 0.717) is 10.0 Å². The predicted molar refractivity (Wildman–Crippen MR) is 82.2 cm³/mol. The summed E-state index contributed by atoms with van der Waals surface area (Å²) in [6.45, 7) is 0. The molecule has 0 saturated heterocycles. The number of hydrogen-bond donors (Lipinski definition) is 2. The van der Waals surface area contributed by atoms with E-state index in [0.717, 1.165) is 16.7 Å². The molecule has 2 aromatic carbocycles. The van der Waals surface area contributed by atoms with E-state index >= 15 is 0 Å². The van der Waals surface area contributed by atoms with Gasteiger partial charge in [-0.25, -0.2) is 10.2 Å². The van der Waals surface area contributed by atoms with Gasteiger partial charge < -0.3 is 5.73 Å². The number of primary amides is 1. The zero-order chi connectivity index (χ0) is 14.5. The van der Waals surface area contributed by atoms with E-state index in [1.165, 1.54) is 6.21 Å². The van der Waals surface area contributed by atoms with Crippen molar-refractivity contribution in [2.45, 2.75) is 0 Å². The zero-order valence-corrected chi connectivity index (χ0v) is 11.8. The summed E-state index contributed by atoms with van der Waals surface area (Å²) < 4.78 is 0. The van der Waals surface area contributed by atoms with E-state index < -0.39 is 6.03 Å². The number of urea groups is 1. The molecule has 0 aliphatic rings. The first kappa shape index (κ1) is 14.4. The third-order valence-corrected chi connectivity index (χ3v) is 3.29. The van der Waals surface area contributed by atoms with Crippen molar-refractivity contribution in [1.82, 2.24) is 5.43 Å². The van der Waals surface area contributed by atoms with Crippen LogP contribution in [0.1, 0.15) is 5.56 Å². The summed E-state index contributed by atoms with van der Waals surface area (Å²) in [5, 5.41) is 4.72. The van der Waals surface area contributed by atoms with Gasteiger partial charge in [-0.1, -0.05) is 53.5 Å². The van der Waals surface area contributed by atoms with Crippen LogP contribution in [0.15, 0.2) is 47.6 Å². The minimum Gasteiger partial charge on any atom is -0.350 e. The van der Waals surface area contributed by atoms with Crippen molar-refractivity contribution in [3.63, 3.8) is 0 Å². The van der Waals surface area contributed by atoms with Crippen LogP contribution in [0.5, 0.6) is 0 Å². The minimum absolute atomic E-state index is 0.514. The van der Waals surface area contributed by atoms with Gasteiger partial charge in [0.05, 0.1) is 16.3 Å². The molecule has 4 nitrogen and oxygen atoms in total. The zero-order valence-electron chi connectivity index (χ0n) is 10.3. The lowest BCUT2D eigenvalue weighted by molar-refractivity contribution is 0.249. The number of nitrogens with zero attached hydrogens (tertiary/aromatic N) is 1. The molecule has 20 heavy (non-hydrogen) atoms. The smallest absolute Gasteiger partial charge is 0.332 e. The highest BCUT2D eigenvalue weighted by molar-refractivity contribution is 6.42. The quantitative estimate of drug-likeness (QED) is 0.659. The molecule has 0 radical (unpaired) electrons. The van der Waals surface area contributed by atoms with Crippen LogP contribution >= 0.6 is 23.2 Å². The molecule has 2 rings (SSSR count). The second-order valence-electron chi connectivity index (χ2n) is 3.99. The first-order valence-corrected chi connectivity index (χ1v) is 6.46. The van der Waals surface area contributed by atoms with E-state index in [2.05, 4.69) is 10.5 Å². The summed E-state index contributed by atoms with van der Waals surface area (Å²) in [5.74, 6) is 0. The Hall–Kier alpha value is -2.04. The lowest BCUT2D eigenvalue weighted by Crippen LogP contribution is -2.24. The molecule has 102 valence electrons. The van der Waals surface area contributed by atoms with Gasteiger partial charge in [-0.2, -0.15) is 5.10 Å². The van der Waals surface area contributed by atoms with Gasteiger partial charge >= 0.3 is 6.03 Å². The Morgan fingerprint density at radius 1 is 1.05 bits per heavy atom. The highest BCUT2D eigenvalue weighted by atomic mass is 35.5. The molecule has 0 bridgehead atoms. The molecule has 0 spiro atoms. The number of carbonyl (C=O) groups excluding carboxylic acids is 1. The number of halogens is 2. The summed E-state index contributed by atoms with van der Waals surface area (Å²) in [4.78, 5) is 10.5. The number of hydrogen-bond acceptors (Lipinski definition) is 2. The van der Waals surface area contributed by atoms with E-state index in [1.54, 1.807) is 6.07 Å². The Morgan fingerprint density at radius 2 is 1.70 bits per heavy atom. The average Bonchev–Trinajstić information content (AvgIpc) is 2.42. The topological polar surface area (TPSA) is 67.5 Å². The van der Waals surface area contributed by atoms with Crippen molar-refractivity contribution in [2.75, 3.05) is 0 Å². The molecule has 0 saturated carbocycles. The normalized spacial score (nSPS) is 10.7. The van der Waals surface area contributed by atoms with Crippen molar-refractivity contribution in [2.24, 2.45) is 10.8 Å². The fraction of sp³-hybridized carbons (Fsp3) is 0. The Balaban J connectivity index is 2.17. The van der Waals surface area contributed by atoms with Crippen molar-refractivity contribution in [3.8, 4) is 11.1 Å². The predicted octanol–water partition coefficient (Wildman–Crippen LogP) is 3.66. The van der Waals surface area contributed by atoms with E-state index in [-0.39, 0.29) is 0 Å². The molecule has 0 unspecified atom stereocenters. The summed E-state index contributed by atoms with van der Waals surface area (Å²) >= 11 is 11.9. The molecule has 0 heterocycles. The Bertz CT molecular complexity index is 654. The van der Waals surface area contributed by atoms with Gasteiger partial charge in [0.2, 0.25) is 0 Å². The highest BCUT2D eigenvalue weighted by Crippen LogP contribution is 2.28.